The van der Waals surface area contributed by atoms with Crippen LogP contribution < -0.4 is 34.0 Å². The van der Waals surface area contributed by atoms with Gasteiger partial charge in [-0.25, -0.2) is 0 Å². The van der Waals surface area contributed by atoms with Crippen LogP contribution in [0.4, 0.5) is 0 Å². The zero-order chi connectivity index (χ0) is 27.8. The summed E-state index contributed by atoms with van der Waals surface area (Å²) in [4.78, 5) is 3.38. The average Bonchev–Trinajstić information content (AvgIpc) is 2.83. The molecule has 0 aromatic heterocycles. The molecule has 8 nitrogen and oxygen atoms in total. The molecule has 0 heterocycles. The third kappa shape index (κ3) is 9.05. The number of rotatable bonds is 11. The molecule has 0 aliphatic heterocycles. The van der Waals surface area contributed by atoms with Crippen LogP contribution in [-0.4, -0.2) is 0 Å². The fourth-order valence-electron chi connectivity index (χ4n) is 3.70. The number of hydrogen-bond acceptors (Lipinski definition) is 6. The molecule has 0 saturated carbocycles. The van der Waals surface area contributed by atoms with E-state index in [4.69, 9.17) is 33.6 Å². The van der Waals surface area contributed by atoms with Gasteiger partial charge in [-0.05, 0) is 0 Å². The van der Waals surface area contributed by atoms with Gasteiger partial charge in [0.15, 0.2) is 0 Å². The van der Waals surface area contributed by atoms with Crippen LogP contribution in [-0.2, 0) is 0 Å². The number of nitrogens with zero attached hydrogens (tertiary/aromatic N) is 1. The van der Waals surface area contributed by atoms with E-state index in [1.807, 2.05) is 125 Å². The van der Waals surface area contributed by atoms with Crippen molar-refractivity contribution in [1.82, 2.24) is 4.86 Å². The maximum atomic E-state index is 6.55. The van der Waals surface area contributed by atoms with Crippen molar-refractivity contribution in [2.75, 3.05) is 0 Å². The first-order valence-corrected chi connectivity index (χ1v) is 16.9. The van der Waals surface area contributed by atoms with Gasteiger partial charge in [0.1, 0.15) is 0 Å². The fraction of sp³-hybridized carbons (Fsp3) is 0.143. The second kappa shape index (κ2) is 13.4. The van der Waals surface area contributed by atoms with Crippen LogP contribution >= 0.6 is 24.6 Å². The monoisotopic (exact) mass is 584 g/mol. The first kappa shape index (κ1) is 29.0. The van der Waals surface area contributed by atoms with Crippen molar-refractivity contribution >= 4 is 24.6 Å². The van der Waals surface area contributed by atoms with Crippen LogP contribution in [0.3, 0.4) is 0 Å². The van der Waals surface area contributed by atoms with Gasteiger partial charge in [0.2, 0.25) is 0 Å². The van der Waals surface area contributed by atoms with Crippen LogP contribution in [0.1, 0.15) is 22.3 Å². The summed E-state index contributed by atoms with van der Waals surface area (Å²) < 4.78 is 30.6. The molecule has 5 N–H and O–H groups in total. The van der Waals surface area contributed by atoms with Crippen molar-refractivity contribution in [2.24, 2.45) is 15.5 Å². The van der Waals surface area contributed by atoms with Crippen molar-refractivity contribution in [3.8, 4) is 23.0 Å². The summed E-state index contributed by atoms with van der Waals surface area (Å²) in [6.07, 6.45) is 0. The molecule has 4 aromatic rings. The van der Waals surface area contributed by atoms with Gasteiger partial charge >= 0.3 is 233 Å². The van der Waals surface area contributed by atoms with Crippen LogP contribution in [0.15, 0.2) is 102 Å². The quantitative estimate of drug-likeness (QED) is 0.154. The third-order valence-electron chi connectivity index (χ3n) is 5.36. The van der Waals surface area contributed by atoms with E-state index in [1.54, 1.807) is 0 Å². The Kier molecular flexibility index (Phi) is 9.99. The molecular formula is C28H35N4O4P3. The number of hydrogen-bond donors (Lipinski definition) is 3. The van der Waals surface area contributed by atoms with Crippen LogP contribution in [0, 0.1) is 27.7 Å². The molecule has 0 amide bonds. The predicted octanol–water partition coefficient (Wildman–Crippen LogP) is 7.91. The Morgan fingerprint density at radius 3 is 1.33 bits per heavy atom. The zero-order valence-corrected chi connectivity index (χ0v) is 25.3. The Hall–Kier alpha value is -2.95. The molecule has 4 rings (SSSR count). The number of nitrogens with two attached hydrogens (primary N) is 2. The van der Waals surface area contributed by atoms with Crippen molar-refractivity contribution < 1.29 is 18.1 Å². The first-order valence-electron chi connectivity index (χ1n) is 12.4. The molecule has 0 aliphatic carbocycles. The molecule has 0 bridgehead atoms. The second-order valence-electron chi connectivity index (χ2n) is 9.14. The van der Waals surface area contributed by atoms with Gasteiger partial charge in [-0.15, -0.1) is 0 Å². The Morgan fingerprint density at radius 2 is 0.974 bits per heavy atom. The fourth-order valence-corrected chi connectivity index (χ4v) is 9.31. The summed E-state index contributed by atoms with van der Waals surface area (Å²) in [7, 11) is -7.90. The van der Waals surface area contributed by atoms with E-state index in [0.717, 1.165) is 22.3 Å². The summed E-state index contributed by atoms with van der Waals surface area (Å²) in [6, 6.07) is 30.7. The first-order chi connectivity index (χ1) is 18.7. The molecule has 0 unspecified atom stereocenters. The van der Waals surface area contributed by atoms with Gasteiger partial charge in [0.25, 0.3) is 0 Å². The van der Waals surface area contributed by atoms with Crippen molar-refractivity contribution in [3.05, 3.63) is 119 Å². The van der Waals surface area contributed by atoms with E-state index in [-0.39, 0.29) is 0 Å². The van der Waals surface area contributed by atoms with E-state index in [2.05, 4.69) is 4.86 Å². The van der Waals surface area contributed by atoms with Crippen LogP contribution in [0.5, 0.6) is 23.0 Å². The topological polar surface area (TPSA) is 113 Å². The molecular weight excluding hydrogens is 549 g/mol. The Labute approximate surface area is 232 Å². The Morgan fingerprint density at radius 1 is 0.615 bits per heavy atom. The zero-order valence-electron chi connectivity index (χ0n) is 22.4. The number of aryl methyl sites for hydroxylation is 4. The third-order valence-corrected chi connectivity index (χ3v) is 11.2. The molecule has 206 valence electrons. The van der Waals surface area contributed by atoms with Crippen molar-refractivity contribution in [1.29, 1.82) is 0 Å². The Balaban J connectivity index is 1.78. The normalized spacial score (nSPS) is 11.8. The minimum atomic E-state index is -3.84. The SMILES string of the molecule is Cc1cccc(OP(N[PH](N=[PH](N)N)(Oc2cccc(C)c2)Oc2cccc(C)c2)Oc2cccc(C)c2)c1. The molecule has 0 fully saturated rings. The van der Waals surface area contributed by atoms with Gasteiger partial charge in [0.05, 0.1) is 0 Å². The van der Waals surface area contributed by atoms with Crippen molar-refractivity contribution in [2.45, 2.75) is 27.7 Å². The van der Waals surface area contributed by atoms with Gasteiger partial charge in [0, 0.05) is 0 Å². The van der Waals surface area contributed by atoms with Crippen molar-refractivity contribution in [3.63, 3.8) is 0 Å². The maximum absolute atomic E-state index is 6.55. The molecule has 0 saturated heterocycles. The molecule has 0 atom stereocenters. The van der Waals surface area contributed by atoms with Crippen LogP contribution in [0.25, 0.3) is 0 Å². The summed E-state index contributed by atoms with van der Waals surface area (Å²) in [5, 5.41) is 0. The van der Waals surface area contributed by atoms with Gasteiger partial charge < -0.3 is 0 Å². The summed E-state index contributed by atoms with van der Waals surface area (Å²) in [5.74, 6) is 2.38. The molecule has 4 aromatic carbocycles. The van der Waals surface area contributed by atoms with Crippen LogP contribution in [0.2, 0.25) is 0 Å². The average molecular weight is 585 g/mol. The predicted molar refractivity (Wildman–Crippen MR) is 165 cm³/mol. The summed E-state index contributed by atoms with van der Waals surface area (Å²) in [6.45, 7) is 7.96. The number of nitrogens with one attached hydrogen (secondary N) is 1. The Bertz CT molecular complexity index is 1350. The van der Waals surface area contributed by atoms with Gasteiger partial charge in [-0.1, -0.05) is 0 Å². The molecule has 11 heteroatoms. The van der Waals surface area contributed by atoms with E-state index in [1.165, 1.54) is 0 Å². The standard InChI is InChI=1S/C28H35N4O4P3/c1-21-9-5-13-25(17-21)33-38(34-26-14-6-10-22(2)18-26)32-39(31-37(29)30,35-27-15-7-11-23(3)19-27)36-28-16-8-12-24(4)20-28/h5-20,32,37,39H,1-4H3,(H4,29,30,31). The van der Waals surface area contributed by atoms with Gasteiger partial charge in [-0.2, -0.15) is 0 Å². The second-order valence-corrected chi connectivity index (χ2v) is 14.2. The molecule has 0 radical (unpaired) electrons. The van der Waals surface area contributed by atoms with Gasteiger partial charge in [-0.3, -0.25) is 0 Å². The van der Waals surface area contributed by atoms with E-state index in [0.29, 0.717) is 23.0 Å². The minimum absolute atomic E-state index is 0.565. The van der Waals surface area contributed by atoms with E-state index in [9.17, 15) is 0 Å². The summed E-state index contributed by atoms with van der Waals surface area (Å²) in [5.41, 5.74) is 16.4. The number of benzene rings is 4. The molecule has 0 aliphatic rings. The summed E-state index contributed by atoms with van der Waals surface area (Å²) >= 11 is 0. The van der Waals surface area contributed by atoms with E-state index < -0.39 is 24.6 Å². The molecule has 39 heavy (non-hydrogen) atoms. The van der Waals surface area contributed by atoms with E-state index >= 15 is 0 Å². The molecule has 0 spiro atoms.